The molecule has 4 rings (SSSR count). The van der Waals surface area contributed by atoms with Crippen molar-refractivity contribution in [1.29, 1.82) is 0 Å². The Hall–Kier alpha value is -2.58. The molecule has 1 aliphatic rings. The number of nitrogens with one attached hydrogen (secondary N) is 1. The number of hydrogen-bond acceptors (Lipinski definition) is 5. The molecule has 0 unspecified atom stereocenters. The fourth-order valence-corrected chi connectivity index (χ4v) is 3.68. The van der Waals surface area contributed by atoms with Crippen LogP contribution in [0.3, 0.4) is 0 Å². The van der Waals surface area contributed by atoms with Crippen LogP contribution >= 0.6 is 15.9 Å². The van der Waals surface area contributed by atoms with Crippen molar-refractivity contribution in [3.8, 4) is 22.9 Å². The zero-order chi connectivity index (χ0) is 19.5. The fraction of sp³-hybridized carbons (Fsp3) is 0.300. The van der Waals surface area contributed by atoms with Crippen LogP contribution in [0.1, 0.15) is 0 Å². The van der Waals surface area contributed by atoms with E-state index in [0.29, 0.717) is 42.3 Å². The minimum absolute atomic E-state index is 0.0566. The summed E-state index contributed by atoms with van der Waals surface area (Å²) in [6.45, 7) is 2.24. The number of aromatic amines is 1. The Bertz CT molecular complexity index is 965. The van der Waals surface area contributed by atoms with Crippen LogP contribution in [0.25, 0.3) is 22.4 Å². The number of para-hydroxylation sites is 2. The number of carbonyl (C=O) groups excluding carboxylic acids is 1. The van der Waals surface area contributed by atoms with Crippen molar-refractivity contribution in [3.05, 3.63) is 40.9 Å². The van der Waals surface area contributed by atoms with Crippen LogP contribution in [-0.4, -0.2) is 60.8 Å². The molecular weight excluding hydrogens is 426 g/mol. The van der Waals surface area contributed by atoms with Gasteiger partial charge in [-0.1, -0.05) is 12.1 Å². The van der Waals surface area contributed by atoms with Crippen molar-refractivity contribution >= 4 is 32.9 Å². The highest BCUT2D eigenvalue weighted by Crippen LogP contribution is 2.39. The van der Waals surface area contributed by atoms with Crippen molar-refractivity contribution in [2.75, 3.05) is 40.0 Å². The van der Waals surface area contributed by atoms with Gasteiger partial charge in [-0.05, 0) is 40.2 Å². The Balaban J connectivity index is 1.56. The molecule has 28 heavy (non-hydrogen) atoms. The lowest BCUT2D eigenvalue weighted by molar-refractivity contribution is -0.137. The molecule has 1 fully saturated rings. The quantitative estimate of drug-likeness (QED) is 0.652. The Kier molecular flexibility index (Phi) is 5.50. The standard InChI is InChI=1S/C20H20BrN3O4/c1-26-17-11-13(20-22-15-4-2-3-5-16(15)23-20)10-14(21)19(17)28-12-18(25)24-6-8-27-9-7-24/h2-5,10-11H,6-9,12H2,1H3,(H,22,23). The summed E-state index contributed by atoms with van der Waals surface area (Å²) in [5, 5.41) is 0. The smallest absolute Gasteiger partial charge is 0.260 e. The van der Waals surface area contributed by atoms with Gasteiger partial charge >= 0.3 is 0 Å². The summed E-state index contributed by atoms with van der Waals surface area (Å²) in [4.78, 5) is 22.0. The average Bonchev–Trinajstić information content (AvgIpc) is 3.17. The number of amides is 1. The van der Waals surface area contributed by atoms with Crippen LogP contribution in [0.15, 0.2) is 40.9 Å². The summed E-state index contributed by atoms with van der Waals surface area (Å²) >= 11 is 3.53. The lowest BCUT2D eigenvalue weighted by Gasteiger charge is -2.27. The Labute approximate surface area is 170 Å². The average molecular weight is 446 g/mol. The first kappa shape index (κ1) is 18.8. The van der Waals surface area contributed by atoms with Crippen LogP contribution in [0.4, 0.5) is 0 Å². The van der Waals surface area contributed by atoms with Crippen LogP contribution < -0.4 is 9.47 Å². The summed E-state index contributed by atoms with van der Waals surface area (Å²) in [6, 6.07) is 11.6. The number of rotatable bonds is 5. The molecular formula is C20H20BrN3O4. The van der Waals surface area contributed by atoms with Crippen LogP contribution in [0, 0.1) is 0 Å². The van der Waals surface area contributed by atoms with E-state index in [1.807, 2.05) is 36.4 Å². The SMILES string of the molecule is COc1cc(-c2nc3ccccc3[nH]2)cc(Br)c1OCC(=O)N1CCOCC1. The Morgan fingerprint density at radius 1 is 1.29 bits per heavy atom. The number of H-pyrrole nitrogens is 1. The maximum Gasteiger partial charge on any atom is 0.260 e. The monoisotopic (exact) mass is 445 g/mol. The molecule has 1 saturated heterocycles. The highest BCUT2D eigenvalue weighted by atomic mass is 79.9. The third-order valence-corrected chi connectivity index (χ3v) is 5.19. The molecule has 1 aliphatic heterocycles. The van der Waals surface area contributed by atoms with E-state index in [4.69, 9.17) is 14.2 Å². The number of halogens is 1. The van der Waals surface area contributed by atoms with E-state index in [9.17, 15) is 4.79 Å². The summed E-state index contributed by atoms with van der Waals surface area (Å²) in [7, 11) is 1.57. The molecule has 1 N–H and O–H groups in total. The van der Waals surface area contributed by atoms with Gasteiger partial charge in [-0.3, -0.25) is 4.79 Å². The minimum Gasteiger partial charge on any atom is -0.493 e. The third kappa shape index (κ3) is 3.83. The first-order chi connectivity index (χ1) is 13.7. The van der Waals surface area contributed by atoms with Crippen LogP contribution in [0.5, 0.6) is 11.5 Å². The first-order valence-corrected chi connectivity index (χ1v) is 9.76. The maximum atomic E-state index is 12.3. The summed E-state index contributed by atoms with van der Waals surface area (Å²) < 4.78 is 17.3. The molecule has 0 spiro atoms. The predicted octanol–water partition coefficient (Wildman–Crippen LogP) is 3.24. The van der Waals surface area contributed by atoms with Gasteiger partial charge in [-0.15, -0.1) is 0 Å². The van der Waals surface area contributed by atoms with Crippen molar-refractivity contribution in [1.82, 2.24) is 14.9 Å². The molecule has 2 heterocycles. The number of benzene rings is 2. The van der Waals surface area contributed by atoms with E-state index < -0.39 is 0 Å². The molecule has 0 radical (unpaired) electrons. The van der Waals surface area contributed by atoms with Gasteiger partial charge in [0, 0.05) is 18.7 Å². The summed E-state index contributed by atoms with van der Waals surface area (Å²) in [5.74, 6) is 1.68. The lowest BCUT2D eigenvalue weighted by Crippen LogP contribution is -2.43. The second-order valence-electron chi connectivity index (χ2n) is 6.37. The molecule has 146 valence electrons. The highest BCUT2D eigenvalue weighted by Gasteiger charge is 2.20. The van der Waals surface area contributed by atoms with Crippen LogP contribution in [0.2, 0.25) is 0 Å². The van der Waals surface area contributed by atoms with E-state index >= 15 is 0 Å². The highest BCUT2D eigenvalue weighted by molar-refractivity contribution is 9.10. The minimum atomic E-state index is -0.0707. The second-order valence-corrected chi connectivity index (χ2v) is 7.23. The zero-order valence-electron chi connectivity index (χ0n) is 15.4. The lowest BCUT2D eigenvalue weighted by atomic mass is 10.2. The van der Waals surface area contributed by atoms with E-state index in [2.05, 4.69) is 25.9 Å². The van der Waals surface area contributed by atoms with Crippen LogP contribution in [-0.2, 0) is 9.53 Å². The van der Waals surface area contributed by atoms with Crippen molar-refractivity contribution in [3.63, 3.8) is 0 Å². The van der Waals surface area contributed by atoms with Crippen molar-refractivity contribution in [2.24, 2.45) is 0 Å². The number of hydrogen-bond donors (Lipinski definition) is 1. The van der Waals surface area contributed by atoms with E-state index in [1.54, 1.807) is 12.0 Å². The van der Waals surface area contributed by atoms with Gasteiger partial charge in [-0.25, -0.2) is 4.98 Å². The molecule has 3 aromatic rings. The molecule has 7 nitrogen and oxygen atoms in total. The number of morpholine rings is 1. The second kappa shape index (κ2) is 8.20. The molecule has 0 bridgehead atoms. The number of nitrogens with zero attached hydrogens (tertiary/aromatic N) is 2. The van der Waals surface area contributed by atoms with E-state index in [-0.39, 0.29) is 12.5 Å². The predicted molar refractivity (Wildman–Crippen MR) is 109 cm³/mol. The zero-order valence-corrected chi connectivity index (χ0v) is 17.0. The first-order valence-electron chi connectivity index (χ1n) is 8.96. The van der Waals surface area contributed by atoms with Gasteiger partial charge in [0.25, 0.3) is 5.91 Å². The maximum absolute atomic E-state index is 12.3. The molecule has 2 aromatic carbocycles. The van der Waals surface area contributed by atoms with E-state index in [0.717, 1.165) is 22.4 Å². The Morgan fingerprint density at radius 2 is 2.07 bits per heavy atom. The number of ether oxygens (including phenoxy) is 3. The number of imidazole rings is 1. The molecule has 0 aliphatic carbocycles. The van der Waals surface area contributed by atoms with E-state index in [1.165, 1.54) is 0 Å². The summed E-state index contributed by atoms with van der Waals surface area (Å²) in [6.07, 6.45) is 0. The molecule has 8 heteroatoms. The Morgan fingerprint density at radius 3 is 2.82 bits per heavy atom. The van der Waals surface area contributed by atoms with Gasteiger partial charge in [0.05, 0.1) is 35.8 Å². The molecule has 0 atom stereocenters. The number of carbonyl (C=O) groups is 1. The molecule has 0 saturated carbocycles. The van der Waals surface area contributed by atoms with Crippen molar-refractivity contribution < 1.29 is 19.0 Å². The summed E-state index contributed by atoms with van der Waals surface area (Å²) in [5.41, 5.74) is 2.71. The number of methoxy groups -OCH3 is 1. The van der Waals surface area contributed by atoms with Gasteiger partial charge < -0.3 is 24.1 Å². The normalized spacial score (nSPS) is 14.3. The van der Waals surface area contributed by atoms with Gasteiger partial charge in [0.2, 0.25) is 0 Å². The largest absolute Gasteiger partial charge is 0.493 e. The van der Waals surface area contributed by atoms with Gasteiger partial charge in [-0.2, -0.15) is 0 Å². The number of fused-ring (bicyclic) bond motifs is 1. The molecule has 1 aromatic heterocycles. The number of aromatic nitrogens is 2. The van der Waals surface area contributed by atoms with Crippen molar-refractivity contribution in [2.45, 2.75) is 0 Å². The third-order valence-electron chi connectivity index (χ3n) is 4.60. The van der Waals surface area contributed by atoms with Gasteiger partial charge in [0.1, 0.15) is 5.82 Å². The molecule has 1 amide bonds. The topological polar surface area (TPSA) is 76.7 Å². The fourth-order valence-electron chi connectivity index (χ4n) is 3.12. The van der Waals surface area contributed by atoms with Gasteiger partial charge in [0.15, 0.2) is 18.1 Å².